The predicted molar refractivity (Wildman–Crippen MR) is 134 cm³/mol. The summed E-state index contributed by atoms with van der Waals surface area (Å²) in [5.41, 5.74) is 1.59. The molecule has 2 saturated heterocycles. The first-order valence-electron chi connectivity index (χ1n) is 12.5. The Kier molecular flexibility index (Phi) is 8.49. The van der Waals surface area contributed by atoms with Crippen molar-refractivity contribution < 1.29 is 18.0 Å². The van der Waals surface area contributed by atoms with Crippen molar-refractivity contribution in [3.8, 4) is 6.07 Å². The second-order valence-corrected chi connectivity index (χ2v) is 9.38. The van der Waals surface area contributed by atoms with E-state index >= 15 is 0 Å². The predicted octanol–water partition coefficient (Wildman–Crippen LogP) is 4.26. The molecular weight excluding hydrogens is 467 g/mol. The van der Waals surface area contributed by atoms with Crippen molar-refractivity contribution in [1.82, 2.24) is 10.2 Å². The van der Waals surface area contributed by atoms with Gasteiger partial charge in [-0.05, 0) is 87.4 Å². The van der Waals surface area contributed by atoms with Gasteiger partial charge in [0.25, 0.3) is 0 Å². The molecule has 0 unspecified atom stereocenters. The number of hydrogen-bond donors (Lipinski definition) is 1. The van der Waals surface area contributed by atoms with Crippen LogP contribution in [0.2, 0.25) is 0 Å². The van der Waals surface area contributed by atoms with Crippen LogP contribution in [0.4, 0.5) is 24.5 Å². The highest BCUT2D eigenvalue weighted by molar-refractivity contribution is 5.94. The first-order valence-corrected chi connectivity index (χ1v) is 12.5. The van der Waals surface area contributed by atoms with Crippen LogP contribution >= 0.6 is 0 Å². The van der Waals surface area contributed by atoms with Gasteiger partial charge in [-0.3, -0.25) is 9.69 Å². The number of hydrogen-bond acceptors (Lipinski definition) is 5. The lowest BCUT2D eigenvalue weighted by Gasteiger charge is -2.37. The molecule has 2 fully saturated rings. The van der Waals surface area contributed by atoms with Crippen LogP contribution in [0, 0.1) is 11.3 Å². The summed E-state index contributed by atoms with van der Waals surface area (Å²) in [6.07, 6.45) is -1.33. The molecular formula is C27H32F3N5O. The molecule has 2 aromatic rings. The molecule has 0 spiro atoms. The van der Waals surface area contributed by atoms with Gasteiger partial charge in [0, 0.05) is 50.0 Å². The van der Waals surface area contributed by atoms with Crippen molar-refractivity contribution in [3.63, 3.8) is 0 Å². The number of rotatable bonds is 7. The summed E-state index contributed by atoms with van der Waals surface area (Å²) in [4.78, 5) is 19.6. The first-order chi connectivity index (χ1) is 17.3. The third-order valence-corrected chi connectivity index (χ3v) is 7.01. The number of anilines is 2. The number of nitrogens with one attached hydrogen (secondary N) is 1. The number of nitrogens with zero attached hydrogens (tertiary/aromatic N) is 4. The van der Waals surface area contributed by atoms with Gasteiger partial charge in [0.15, 0.2) is 0 Å². The zero-order chi connectivity index (χ0) is 25.5. The van der Waals surface area contributed by atoms with E-state index in [4.69, 9.17) is 5.26 Å². The molecule has 0 saturated carbocycles. The Morgan fingerprint density at radius 3 is 2.22 bits per heavy atom. The van der Waals surface area contributed by atoms with E-state index < -0.39 is 11.7 Å². The fourth-order valence-electron chi connectivity index (χ4n) is 4.99. The summed E-state index contributed by atoms with van der Waals surface area (Å²) in [6.45, 7) is 5.67. The molecule has 4 rings (SSSR count). The highest BCUT2D eigenvalue weighted by Gasteiger charge is 2.30. The zero-order valence-corrected chi connectivity index (χ0v) is 20.3. The van der Waals surface area contributed by atoms with Gasteiger partial charge < -0.3 is 15.1 Å². The fourth-order valence-corrected chi connectivity index (χ4v) is 4.99. The van der Waals surface area contributed by atoms with Gasteiger partial charge in [0.1, 0.15) is 0 Å². The summed E-state index contributed by atoms with van der Waals surface area (Å²) in [5, 5.41) is 12.4. The van der Waals surface area contributed by atoms with Gasteiger partial charge in [-0.25, -0.2) is 0 Å². The average Bonchev–Trinajstić information content (AvgIpc) is 2.90. The minimum Gasteiger partial charge on any atom is -0.369 e. The third-order valence-electron chi connectivity index (χ3n) is 7.01. The summed E-state index contributed by atoms with van der Waals surface area (Å²) >= 11 is 0. The number of benzene rings is 2. The van der Waals surface area contributed by atoms with Crippen LogP contribution in [0.15, 0.2) is 48.5 Å². The van der Waals surface area contributed by atoms with Crippen LogP contribution in [-0.4, -0.2) is 62.7 Å². The monoisotopic (exact) mass is 499 g/mol. The van der Waals surface area contributed by atoms with E-state index in [0.29, 0.717) is 12.0 Å². The molecule has 2 aliphatic rings. The topological polar surface area (TPSA) is 62.6 Å². The Bertz CT molecular complexity index is 1040. The molecule has 1 N–H and O–H groups in total. The number of nitriles is 1. The number of halogens is 3. The lowest BCUT2D eigenvalue weighted by Crippen LogP contribution is -2.47. The van der Waals surface area contributed by atoms with Gasteiger partial charge in [0.05, 0.1) is 17.2 Å². The standard InChI is InChI=1S/C27H32F3N5O/c28-27(29,30)22-5-9-23(10-6-22)34-18-16-33(17-19-34)15-1-2-26(36)35(25-11-13-32-14-12-25)24-7-3-21(20-31)4-8-24/h3-10,25,32H,1-2,11-19H2. The summed E-state index contributed by atoms with van der Waals surface area (Å²) in [7, 11) is 0. The normalized spacial score (nSPS) is 17.6. The fraction of sp³-hybridized carbons (Fsp3) is 0.481. The molecule has 0 bridgehead atoms. The summed E-state index contributed by atoms with van der Waals surface area (Å²) in [6, 6.07) is 14.9. The van der Waals surface area contributed by atoms with Crippen molar-refractivity contribution >= 4 is 17.3 Å². The maximum absolute atomic E-state index is 13.3. The largest absolute Gasteiger partial charge is 0.416 e. The quantitative estimate of drug-likeness (QED) is 0.617. The van der Waals surface area contributed by atoms with E-state index in [0.717, 1.165) is 88.6 Å². The first kappa shape index (κ1) is 26.0. The van der Waals surface area contributed by atoms with Gasteiger partial charge in [-0.1, -0.05) is 0 Å². The molecule has 0 atom stereocenters. The lowest BCUT2D eigenvalue weighted by atomic mass is 10.0. The molecule has 2 heterocycles. The average molecular weight is 500 g/mol. The van der Waals surface area contributed by atoms with Crippen molar-refractivity contribution in [2.45, 2.75) is 37.9 Å². The second kappa shape index (κ2) is 11.8. The Balaban J connectivity index is 1.28. The van der Waals surface area contributed by atoms with Crippen molar-refractivity contribution in [2.75, 3.05) is 55.6 Å². The minimum absolute atomic E-state index is 0.106. The maximum atomic E-state index is 13.3. The van der Waals surface area contributed by atoms with Gasteiger partial charge in [0.2, 0.25) is 5.91 Å². The van der Waals surface area contributed by atoms with Crippen molar-refractivity contribution in [1.29, 1.82) is 5.26 Å². The van der Waals surface area contributed by atoms with E-state index in [9.17, 15) is 18.0 Å². The molecule has 6 nitrogen and oxygen atoms in total. The van der Waals surface area contributed by atoms with E-state index in [1.54, 1.807) is 12.1 Å². The van der Waals surface area contributed by atoms with Crippen LogP contribution in [0.3, 0.4) is 0 Å². The van der Waals surface area contributed by atoms with Crippen molar-refractivity contribution in [2.24, 2.45) is 0 Å². The number of carbonyl (C=O) groups is 1. The number of piperazine rings is 1. The Labute approximate surface area is 210 Å². The van der Waals surface area contributed by atoms with Crippen molar-refractivity contribution in [3.05, 3.63) is 59.7 Å². The summed E-state index contributed by atoms with van der Waals surface area (Å²) in [5.74, 6) is 0.106. The molecule has 0 radical (unpaired) electrons. The molecule has 192 valence electrons. The molecule has 1 amide bonds. The number of carbonyl (C=O) groups excluding carboxylic acids is 1. The van der Waals surface area contributed by atoms with Crippen LogP contribution in [0.25, 0.3) is 0 Å². The number of piperidine rings is 1. The van der Waals surface area contributed by atoms with Crippen LogP contribution in [0.1, 0.15) is 36.8 Å². The van der Waals surface area contributed by atoms with E-state index in [1.807, 2.05) is 17.0 Å². The van der Waals surface area contributed by atoms with Crippen LogP contribution in [0.5, 0.6) is 0 Å². The van der Waals surface area contributed by atoms with Crippen LogP contribution in [-0.2, 0) is 11.0 Å². The Hall–Kier alpha value is -3.09. The maximum Gasteiger partial charge on any atom is 0.416 e. The molecule has 9 heteroatoms. The molecule has 0 aromatic heterocycles. The van der Waals surface area contributed by atoms with E-state index in [1.165, 1.54) is 12.1 Å². The van der Waals surface area contributed by atoms with Gasteiger partial charge in [-0.2, -0.15) is 18.4 Å². The number of alkyl halides is 3. The highest BCUT2D eigenvalue weighted by atomic mass is 19.4. The zero-order valence-electron chi connectivity index (χ0n) is 20.3. The summed E-state index contributed by atoms with van der Waals surface area (Å²) < 4.78 is 38.4. The Morgan fingerprint density at radius 2 is 1.64 bits per heavy atom. The van der Waals surface area contributed by atoms with Gasteiger partial charge in [-0.15, -0.1) is 0 Å². The molecule has 2 aliphatic heterocycles. The van der Waals surface area contributed by atoms with Crippen LogP contribution < -0.4 is 15.1 Å². The highest BCUT2D eigenvalue weighted by Crippen LogP contribution is 2.31. The smallest absolute Gasteiger partial charge is 0.369 e. The Morgan fingerprint density at radius 1 is 1.00 bits per heavy atom. The SMILES string of the molecule is N#Cc1ccc(N(C(=O)CCCN2CCN(c3ccc(C(F)(F)F)cc3)CC2)C2CCNCC2)cc1. The lowest BCUT2D eigenvalue weighted by molar-refractivity contribution is -0.137. The van der Waals surface area contributed by atoms with Gasteiger partial charge >= 0.3 is 6.18 Å². The third kappa shape index (κ3) is 6.56. The number of amides is 1. The second-order valence-electron chi connectivity index (χ2n) is 9.38. The van der Waals surface area contributed by atoms with E-state index in [-0.39, 0.29) is 11.9 Å². The molecule has 0 aliphatic carbocycles. The molecule has 36 heavy (non-hydrogen) atoms. The minimum atomic E-state index is -4.32. The molecule has 2 aromatic carbocycles. The van der Waals surface area contributed by atoms with E-state index in [2.05, 4.69) is 21.2 Å².